The van der Waals surface area contributed by atoms with Crippen LogP contribution in [0.25, 0.3) is 0 Å². The van der Waals surface area contributed by atoms with E-state index in [-0.39, 0.29) is 17.1 Å². The van der Waals surface area contributed by atoms with E-state index in [2.05, 4.69) is 42.8 Å². The second kappa shape index (κ2) is 9.50. The summed E-state index contributed by atoms with van der Waals surface area (Å²) in [5.74, 6) is 5.66. The largest absolute Gasteiger partial charge is 0.401 e. The first-order valence-corrected chi connectivity index (χ1v) is 9.44. The van der Waals surface area contributed by atoms with Crippen LogP contribution >= 0.6 is 25.3 Å². The monoisotopic (exact) mass is 394 g/mol. The van der Waals surface area contributed by atoms with Crippen LogP contribution in [0, 0.1) is 5.82 Å². The van der Waals surface area contributed by atoms with Gasteiger partial charge >= 0.3 is 0 Å². The Morgan fingerprint density at radius 3 is 2.81 bits per heavy atom. The van der Waals surface area contributed by atoms with Crippen molar-refractivity contribution < 1.29 is 4.39 Å². The van der Waals surface area contributed by atoms with E-state index in [1.54, 1.807) is 25.3 Å². The maximum atomic E-state index is 14.3. The molecule has 1 fully saturated rings. The Balaban J connectivity index is 2.20. The highest BCUT2D eigenvalue weighted by Crippen LogP contribution is 2.35. The molecule has 2 unspecified atom stereocenters. The van der Waals surface area contributed by atoms with Gasteiger partial charge in [-0.3, -0.25) is 4.90 Å². The average molecular weight is 395 g/mol. The Hall–Kier alpha value is -1.41. The van der Waals surface area contributed by atoms with Gasteiger partial charge in [-0.2, -0.15) is 12.6 Å². The first-order valence-electron chi connectivity index (χ1n) is 8.48. The Kier molecular flexibility index (Phi) is 7.64. The first kappa shape index (κ1) is 20.9. The molecule has 2 rings (SSSR count). The molecular formula is C19H27FN4S2. The van der Waals surface area contributed by atoms with Crippen LogP contribution in [0.5, 0.6) is 0 Å². The number of benzene rings is 1. The van der Waals surface area contributed by atoms with Crippen molar-refractivity contribution >= 4 is 25.3 Å². The molecule has 4 nitrogen and oxygen atoms in total. The minimum Gasteiger partial charge on any atom is -0.401 e. The van der Waals surface area contributed by atoms with Gasteiger partial charge < -0.3 is 10.7 Å². The average Bonchev–Trinajstić information content (AvgIpc) is 2.56. The van der Waals surface area contributed by atoms with Crippen LogP contribution < -0.4 is 11.6 Å². The predicted octanol–water partition coefficient (Wildman–Crippen LogP) is 3.24. The summed E-state index contributed by atoms with van der Waals surface area (Å²) in [5.41, 5.74) is 8.02. The van der Waals surface area contributed by atoms with E-state index in [0.717, 1.165) is 18.5 Å². The van der Waals surface area contributed by atoms with Crippen LogP contribution in [-0.4, -0.2) is 34.8 Å². The zero-order chi connectivity index (χ0) is 19.3. The lowest BCUT2D eigenvalue weighted by Crippen LogP contribution is -2.39. The van der Waals surface area contributed by atoms with Crippen molar-refractivity contribution in [3.63, 3.8) is 0 Å². The number of piperidine rings is 1. The molecule has 0 amide bonds. The van der Waals surface area contributed by atoms with Crippen LogP contribution in [-0.2, 0) is 0 Å². The number of hydrazine groups is 1. The molecule has 1 aromatic rings. The number of hydrogen-bond donors (Lipinski definition) is 4. The lowest BCUT2D eigenvalue weighted by atomic mass is 9.97. The number of hydrogen-bond acceptors (Lipinski definition) is 6. The molecule has 0 spiro atoms. The molecule has 2 atom stereocenters. The van der Waals surface area contributed by atoms with Gasteiger partial charge in [0.25, 0.3) is 0 Å². The van der Waals surface area contributed by atoms with E-state index in [0.29, 0.717) is 29.3 Å². The van der Waals surface area contributed by atoms with Gasteiger partial charge in [0.15, 0.2) is 0 Å². The minimum absolute atomic E-state index is 0.150. The van der Waals surface area contributed by atoms with Crippen LogP contribution in [0.2, 0.25) is 0 Å². The lowest BCUT2D eigenvalue weighted by molar-refractivity contribution is 0.221. The Morgan fingerprint density at radius 1 is 1.50 bits per heavy atom. The lowest BCUT2D eigenvalue weighted by Gasteiger charge is -2.38. The molecule has 0 bridgehead atoms. The Labute approximate surface area is 166 Å². The van der Waals surface area contributed by atoms with Gasteiger partial charge in [-0.05, 0) is 29.9 Å². The molecule has 0 aromatic heterocycles. The topological polar surface area (TPSA) is 58.5 Å². The molecule has 1 aliphatic heterocycles. The molecule has 1 saturated heterocycles. The van der Waals surface area contributed by atoms with Crippen molar-refractivity contribution in [3.05, 3.63) is 70.7 Å². The molecule has 7 heteroatoms. The highest BCUT2D eigenvalue weighted by molar-refractivity contribution is 7.84. The number of thiol groups is 2. The SMILES string of the molecule is C=C(S)C(c1ccccc1F)N1CCC(S)/C(=C/CN(N)/C=C(/C)N)C1. The fourth-order valence-corrected chi connectivity index (χ4v) is 3.74. The third-order valence-corrected chi connectivity index (χ3v) is 5.15. The van der Waals surface area contributed by atoms with Gasteiger partial charge in [-0.25, -0.2) is 10.2 Å². The van der Waals surface area contributed by atoms with E-state index in [9.17, 15) is 4.39 Å². The van der Waals surface area contributed by atoms with Gasteiger partial charge in [0.05, 0.1) is 12.6 Å². The second-order valence-electron chi connectivity index (χ2n) is 6.54. The third kappa shape index (κ3) is 5.54. The maximum absolute atomic E-state index is 14.3. The van der Waals surface area contributed by atoms with Gasteiger partial charge in [0, 0.05) is 35.8 Å². The number of halogens is 1. The maximum Gasteiger partial charge on any atom is 0.128 e. The van der Waals surface area contributed by atoms with E-state index in [1.165, 1.54) is 11.1 Å². The van der Waals surface area contributed by atoms with Crippen molar-refractivity contribution in [2.45, 2.75) is 24.6 Å². The minimum atomic E-state index is -0.288. The van der Waals surface area contributed by atoms with Crippen LogP contribution in [0.1, 0.15) is 24.9 Å². The van der Waals surface area contributed by atoms with Gasteiger partial charge in [-0.1, -0.05) is 30.9 Å². The summed E-state index contributed by atoms with van der Waals surface area (Å²) in [6.45, 7) is 7.73. The second-order valence-corrected chi connectivity index (χ2v) is 7.74. The Morgan fingerprint density at radius 2 is 2.19 bits per heavy atom. The molecule has 1 heterocycles. The molecular weight excluding hydrogens is 367 g/mol. The zero-order valence-electron chi connectivity index (χ0n) is 15.0. The zero-order valence-corrected chi connectivity index (χ0v) is 16.8. The quantitative estimate of drug-likeness (QED) is 0.259. The fraction of sp³-hybridized carbons (Fsp3) is 0.368. The summed E-state index contributed by atoms with van der Waals surface area (Å²) in [4.78, 5) is 2.80. The van der Waals surface area contributed by atoms with Crippen molar-refractivity contribution in [2.75, 3.05) is 19.6 Å². The van der Waals surface area contributed by atoms with Crippen molar-refractivity contribution in [3.8, 4) is 0 Å². The highest BCUT2D eigenvalue weighted by atomic mass is 32.1. The van der Waals surface area contributed by atoms with E-state index in [4.69, 9.17) is 11.6 Å². The van der Waals surface area contributed by atoms with E-state index >= 15 is 0 Å². The van der Waals surface area contributed by atoms with Crippen LogP contribution in [0.15, 0.2) is 59.3 Å². The van der Waals surface area contributed by atoms with Gasteiger partial charge in [-0.15, -0.1) is 12.6 Å². The molecule has 0 aliphatic carbocycles. The number of nitrogens with zero attached hydrogens (tertiary/aromatic N) is 2. The fourth-order valence-electron chi connectivity index (χ4n) is 3.13. The van der Waals surface area contributed by atoms with Crippen LogP contribution in [0.3, 0.4) is 0 Å². The third-order valence-electron chi connectivity index (χ3n) is 4.32. The number of rotatable bonds is 6. The van der Waals surface area contributed by atoms with E-state index < -0.39 is 0 Å². The summed E-state index contributed by atoms with van der Waals surface area (Å²) >= 11 is 9.13. The normalized spacial score (nSPS) is 21.7. The van der Waals surface area contributed by atoms with E-state index in [1.807, 2.05) is 6.07 Å². The molecule has 0 saturated carbocycles. The molecule has 26 heavy (non-hydrogen) atoms. The summed E-state index contributed by atoms with van der Waals surface area (Å²) in [6.07, 6.45) is 4.60. The smallest absolute Gasteiger partial charge is 0.128 e. The highest BCUT2D eigenvalue weighted by Gasteiger charge is 2.29. The van der Waals surface area contributed by atoms with Crippen molar-refractivity contribution in [1.82, 2.24) is 9.91 Å². The molecule has 0 radical (unpaired) electrons. The summed E-state index contributed by atoms with van der Waals surface area (Å²) in [7, 11) is 0. The molecule has 142 valence electrons. The Bertz CT molecular complexity index is 701. The first-order chi connectivity index (χ1) is 12.3. The van der Waals surface area contributed by atoms with Crippen molar-refractivity contribution in [1.29, 1.82) is 0 Å². The molecule has 1 aliphatic rings. The van der Waals surface area contributed by atoms with Crippen LogP contribution in [0.4, 0.5) is 4.39 Å². The summed E-state index contributed by atoms with van der Waals surface area (Å²) in [6, 6.07) is 6.48. The molecule has 1 aromatic carbocycles. The van der Waals surface area contributed by atoms with Gasteiger partial charge in [0.2, 0.25) is 0 Å². The summed E-state index contributed by atoms with van der Waals surface area (Å²) < 4.78 is 14.3. The number of allylic oxidation sites excluding steroid dienone is 1. The predicted molar refractivity (Wildman–Crippen MR) is 113 cm³/mol. The summed E-state index contributed by atoms with van der Waals surface area (Å²) in [5, 5.41) is 1.69. The van der Waals surface area contributed by atoms with Crippen molar-refractivity contribution in [2.24, 2.45) is 11.6 Å². The van der Waals surface area contributed by atoms with Gasteiger partial charge in [0.1, 0.15) is 5.82 Å². The molecule has 4 N–H and O–H groups in total. The number of nitrogens with two attached hydrogens (primary N) is 2. The standard InChI is InChI=1S/C19H27FN4S2/c1-13(21)11-24(22)10-7-15-12-23(9-8-18(15)26)19(14(2)25)16-5-3-4-6-17(16)20/h3-7,11,18-19,25-26H,2,8-10,12,21-22H2,1H3/b13-11-,15-7+. The number of likely N-dealkylation sites (tertiary alicyclic amines) is 1.